The summed E-state index contributed by atoms with van der Waals surface area (Å²) >= 11 is 0. The highest BCUT2D eigenvalue weighted by molar-refractivity contribution is 5.78. The van der Waals surface area contributed by atoms with Gasteiger partial charge in [-0.2, -0.15) is 0 Å². The van der Waals surface area contributed by atoms with Gasteiger partial charge in [0.05, 0.1) is 13.2 Å². The molecule has 1 saturated carbocycles. The average Bonchev–Trinajstić information content (AvgIpc) is 2.98. The number of nitrogens with zero attached hydrogens (tertiary/aromatic N) is 2. The van der Waals surface area contributed by atoms with Crippen molar-refractivity contribution in [3.8, 4) is 0 Å². The Labute approximate surface area is 126 Å². The summed E-state index contributed by atoms with van der Waals surface area (Å²) < 4.78 is 5.42. The predicted molar refractivity (Wildman–Crippen MR) is 79.2 cm³/mol. The number of aliphatic carboxylic acids is 1. The maximum atomic E-state index is 11.4. The third-order valence-corrected chi connectivity index (χ3v) is 5.46. The number of carboxylic acid groups (broad SMARTS) is 1. The molecule has 2 aliphatic heterocycles. The Hall–Kier alpha value is -0.690. The highest BCUT2D eigenvalue weighted by Crippen LogP contribution is 2.32. The molecule has 120 valence electrons. The first-order valence-corrected chi connectivity index (χ1v) is 8.17. The van der Waals surface area contributed by atoms with E-state index in [2.05, 4.69) is 9.80 Å². The van der Waals surface area contributed by atoms with Gasteiger partial charge in [0, 0.05) is 38.3 Å². The van der Waals surface area contributed by atoms with Gasteiger partial charge in [-0.05, 0) is 32.1 Å². The molecule has 6 nitrogen and oxygen atoms in total. The van der Waals surface area contributed by atoms with E-state index in [9.17, 15) is 9.90 Å². The van der Waals surface area contributed by atoms with Gasteiger partial charge < -0.3 is 15.6 Å². The van der Waals surface area contributed by atoms with E-state index in [0.717, 1.165) is 52.2 Å². The molecule has 2 heterocycles. The van der Waals surface area contributed by atoms with Gasteiger partial charge in [0.2, 0.25) is 0 Å². The van der Waals surface area contributed by atoms with Crippen LogP contribution in [0.4, 0.5) is 0 Å². The van der Waals surface area contributed by atoms with E-state index in [0.29, 0.717) is 24.9 Å². The molecule has 3 N–H and O–H groups in total. The van der Waals surface area contributed by atoms with Gasteiger partial charge in [-0.15, -0.1) is 0 Å². The number of rotatable bonds is 3. The van der Waals surface area contributed by atoms with E-state index < -0.39 is 11.5 Å². The molecule has 3 unspecified atom stereocenters. The molecule has 0 aromatic rings. The first kappa shape index (κ1) is 15.2. The van der Waals surface area contributed by atoms with E-state index in [1.165, 1.54) is 6.42 Å². The lowest BCUT2D eigenvalue weighted by Gasteiger charge is -2.39. The molecule has 1 aliphatic carbocycles. The second kappa shape index (κ2) is 6.20. The van der Waals surface area contributed by atoms with Crippen molar-refractivity contribution < 1.29 is 14.6 Å². The zero-order chi connectivity index (χ0) is 14.9. The van der Waals surface area contributed by atoms with Gasteiger partial charge in [-0.3, -0.25) is 14.6 Å². The van der Waals surface area contributed by atoms with Crippen LogP contribution in [0, 0.1) is 0 Å². The van der Waals surface area contributed by atoms with Crippen LogP contribution >= 0.6 is 0 Å². The van der Waals surface area contributed by atoms with Crippen molar-refractivity contribution in [3.05, 3.63) is 0 Å². The van der Waals surface area contributed by atoms with Crippen LogP contribution in [-0.2, 0) is 9.53 Å². The Kier molecular flexibility index (Phi) is 4.49. The van der Waals surface area contributed by atoms with Crippen molar-refractivity contribution in [1.82, 2.24) is 9.80 Å². The number of morpholine rings is 1. The molecule has 3 fully saturated rings. The standard InChI is InChI=1S/C15H27N3O3/c16-15(14(19)20)4-1-2-12(10-15)18-5-3-13(11-18)17-6-8-21-9-7-17/h12-13H,1-11,16H2,(H,19,20). The topological polar surface area (TPSA) is 79.0 Å². The summed E-state index contributed by atoms with van der Waals surface area (Å²) in [5.74, 6) is -0.837. The maximum absolute atomic E-state index is 11.4. The van der Waals surface area contributed by atoms with Gasteiger partial charge in [-0.1, -0.05) is 0 Å². The van der Waals surface area contributed by atoms with Crippen LogP contribution in [0.25, 0.3) is 0 Å². The number of ether oxygens (including phenoxy) is 1. The Balaban J connectivity index is 1.57. The molecule has 0 aromatic heterocycles. The first-order valence-electron chi connectivity index (χ1n) is 8.17. The monoisotopic (exact) mass is 297 g/mol. The van der Waals surface area contributed by atoms with Gasteiger partial charge in [-0.25, -0.2) is 0 Å². The minimum atomic E-state index is -1.01. The summed E-state index contributed by atoms with van der Waals surface area (Å²) in [6.07, 6.45) is 4.40. The second-order valence-electron chi connectivity index (χ2n) is 6.80. The molecular weight excluding hydrogens is 270 g/mol. The molecular formula is C15H27N3O3. The van der Waals surface area contributed by atoms with Crippen LogP contribution < -0.4 is 5.73 Å². The second-order valence-corrected chi connectivity index (χ2v) is 6.80. The fraction of sp³-hybridized carbons (Fsp3) is 0.933. The molecule has 3 aliphatic rings. The van der Waals surface area contributed by atoms with Crippen LogP contribution in [0.2, 0.25) is 0 Å². The molecule has 0 aromatic carbocycles. The smallest absolute Gasteiger partial charge is 0.323 e. The van der Waals surface area contributed by atoms with Crippen LogP contribution in [0.3, 0.4) is 0 Å². The predicted octanol–water partition coefficient (Wildman–Crippen LogP) is 0.118. The Bertz CT molecular complexity index is 386. The minimum absolute atomic E-state index is 0.339. The van der Waals surface area contributed by atoms with Crippen LogP contribution in [-0.4, -0.2) is 77.9 Å². The number of carboxylic acids is 1. The molecule has 3 atom stereocenters. The van der Waals surface area contributed by atoms with Crippen molar-refractivity contribution >= 4 is 5.97 Å². The van der Waals surface area contributed by atoms with Gasteiger partial charge in [0.15, 0.2) is 0 Å². The third kappa shape index (κ3) is 3.23. The molecule has 21 heavy (non-hydrogen) atoms. The summed E-state index contributed by atoms with van der Waals surface area (Å²) in [4.78, 5) is 16.4. The minimum Gasteiger partial charge on any atom is -0.480 e. The summed E-state index contributed by atoms with van der Waals surface area (Å²) in [6, 6.07) is 0.943. The zero-order valence-electron chi connectivity index (χ0n) is 12.7. The summed E-state index contributed by atoms with van der Waals surface area (Å²) in [5.41, 5.74) is 5.07. The lowest BCUT2D eigenvalue weighted by Crippen LogP contribution is -2.55. The molecule has 6 heteroatoms. The lowest BCUT2D eigenvalue weighted by atomic mass is 9.79. The van der Waals surface area contributed by atoms with Crippen LogP contribution in [0.15, 0.2) is 0 Å². The SMILES string of the molecule is NC1(C(=O)O)CCCC(N2CCC(N3CCOCC3)C2)C1. The van der Waals surface area contributed by atoms with E-state index in [1.807, 2.05) is 0 Å². The fourth-order valence-electron chi connectivity index (χ4n) is 4.12. The first-order chi connectivity index (χ1) is 10.1. The molecule has 0 radical (unpaired) electrons. The number of hydrogen-bond acceptors (Lipinski definition) is 5. The summed E-state index contributed by atoms with van der Waals surface area (Å²) in [6.45, 7) is 5.86. The summed E-state index contributed by atoms with van der Waals surface area (Å²) in [5, 5.41) is 9.35. The van der Waals surface area contributed by atoms with Crippen LogP contribution in [0.1, 0.15) is 32.1 Å². The molecule has 0 bridgehead atoms. The molecule has 0 amide bonds. The van der Waals surface area contributed by atoms with Crippen molar-refractivity contribution in [1.29, 1.82) is 0 Å². The van der Waals surface area contributed by atoms with E-state index >= 15 is 0 Å². The quantitative estimate of drug-likeness (QED) is 0.770. The average molecular weight is 297 g/mol. The number of likely N-dealkylation sites (tertiary alicyclic amines) is 1. The number of carbonyl (C=O) groups is 1. The van der Waals surface area contributed by atoms with Crippen LogP contribution in [0.5, 0.6) is 0 Å². The van der Waals surface area contributed by atoms with E-state index in [4.69, 9.17) is 10.5 Å². The van der Waals surface area contributed by atoms with Crippen molar-refractivity contribution in [2.45, 2.75) is 49.7 Å². The number of hydrogen-bond donors (Lipinski definition) is 2. The summed E-state index contributed by atoms with van der Waals surface area (Å²) in [7, 11) is 0. The third-order valence-electron chi connectivity index (χ3n) is 5.46. The largest absolute Gasteiger partial charge is 0.480 e. The molecule has 0 spiro atoms. The Morgan fingerprint density at radius 1 is 1.14 bits per heavy atom. The Morgan fingerprint density at radius 3 is 2.62 bits per heavy atom. The highest BCUT2D eigenvalue weighted by atomic mass is 16.5. The maximum Gasteiger partial charge on any atom is 0.323 e. The van der Waals surface area contributed by atoms with Crippen molar-refractivity contribution in [2.24, 2.45) is 5.73 Å². The number of nitrogens with two attached hydrogens (primary N) is 1. The van der Waals surface area contributed by atoms with Gasteiger partial charge in [0.25, 0.3) is 0 Å². The van der Waals surface area contributed by atoms with E-state index in [1.54, 1.807) is 0 Å². The normalized spacial score (nSPS) is 39.5. The van der Waals surface area contributed by atoms with Gasteiger partial charge in [0.1, 0.15) is 5.54 Å². The lowest BCUT2D eigenvalue weighted by molar-refractivity contribution is -0.145. The Morgan fingerprint density at radius 2 is 1.90 bits per heavy atom. The molecule has 3 rings (SSSR count). The van der Waals surface area contributed by atoms with E-state index in [-0.39, 0.29) is 0 Å². The zero-order valence-corrected chi connectivity index (χ0v) is 12.7. The fourth-order valence-corrected chi connectivity index (χ4v) is 4.12. The molecule has 2 saturated heterocycles. The van der Waals surface area contributed by atoms with Gasteiger partial charge >= 0.3 is 5.97 Å². The highest BCUT2D eigenvalue weighted by Gasteiger charge is 2.42. The van der Waals surface area contributed by atoms with Crippen molar-refractivity contribution in [2.75, 3.05) is 39.4 Å². The van der Waals surface area contributed by atoms with Crippen molar-refractivity contribution in [3.63, 3.8) is 0 Å².